The van der Waals surface area contributed by atoms with E-state index in [0.29, 0.717) is 6.54 Å². The zero-order valence-corrected chi connectivity index (χ0v) is 17.6. The van der Waals surface area contributed by atoms with E-state index in [1.54, 1.807) is 0 Å². The molecule has 1 aliphatic heterocycles. The van der Waals surface area contributed by atoms with Crippen LogP contribution in [0.1, 0.15) is 41.9 Å². The van der Waals surface area contributed by atoms with Crippen molar-refractivity contribution in [3.05, 3.63) is 71.0 Å². The number of hydrogen-bond acceptors (Lipinski definition) is 5. The molecule has 1 fully saturated rings. The van der Waals surface area contributed by atoms with Gasteiger partial charge in [-0.2, -0.15) is 0 Å². The van der Waals surface area contributed by atoms with Gasteiger partial charge in [0, 0.05) is 31.9 Å². The molecule has 6 heteroatoms. The van der Waals surface area contributed by atoms with Crippen LogP contribution in [0.5, 0.6) is 0 Å². The highest BCUT2D eigenvalue weighted by atomic mass is 15.6. The third-order valence-corrected chi connectivity index (χ3v) is 5.88. The number of aryl methyl sites for hydroxylation is 2. The van der Waals surface area contributed by atoms with Crippen LogP contribution in [-0.4, -0.2) is 51.3 Å². The summed E-state index contributed by atoms with van der Waals surface area (Å²) in [5.41, 5.74) is 5.25. The van der Waals surface area contributed by atoms with Gasteiger partial charge >= 0.3 is 0 Å². The number of piperazine rings is 1. The molecule has 2 aromatic carbocycles. The molecule has 4 rings (SSSR count). The third-order valence-electron chi connectivity index (χ3n) is 5.88. The van der Waals surface area contributed by atoms with E-state index < -0.39 is 0 Å². The molecule has 0 N–H and O–H groups in total. The minimum atomic E-state index is 0.245. The van der Waals surface area contributed by atoms with E-state index in [4.69, 9.17) is 0 Å². The Balaban J connectivity index is 1.46. The first-order chi connectivity index (χ1) is 14.2. The molecule has 0 bridgehead atoms. The van der Waals surface area contributed by atoms with Crippen molar-refractivity contribution in [1.82, 2.24) is 25.1 Å². The van der Waals surface area contributed by atoms with Crippen molar-refractivity contribution in [2.24, 2.45) is 0 Å². The molecule has 0 saturated carbocycles. The molecule has 1 aliphatic rings. The molecule has 1 atom stereocenters. The van der Waals surface area contributed by atoms with Crippen LogP contribution in [0.15, 0.2) is 48.5 Å². The van der Waals surface area contributed by atoms with Crippen LogP contribution in [-0.2, 0) is 6.54 Å². The molecule has 1 aromatic heterocycles. The summed E-state index contributed by atoms with van der Waals surface area (Å²) in [4.78, 5) is 5.05. The largest absolute Gasteiger partial charge is 0.369 e. The summed E-state index contributed by atoms with van der Waals surface area (Å²) in [6, 6.07) is 17.4. The number of tetrazole rings is 1. The molecule has 152 valence electrons. The van der Waals surface area contributed by atoms with Crippen LogP contribution in [0, 0.1) is 13.8 Å². The highest BCUT2D eigenvalue weighted by Crippen LogP contribution is 2.27. The maximum atomic E-state index is 4.41. The van der Waals surface area contributed by atoms with Crippen LogP contribution in [0.3, 0.4) is 0 Å². The molecule has 0 radical (unpaired) electrons. The average Bonchev–Trinajstić information content (AvgIpc) is 3.19. The number of anilines is 1. The second kappa shape index (κ2) is 8.74. The molecule has 3 aromatic rings. The lowest BCUT2D eigenvalue weighted by molar-refractivity contribution is 0.169. The summed E-state index contributed by atoms with van der Waals surface area (Å²) >= 11 is 0. The number of aromatic nitrogens is 4. The Kier molecular flexibility index (Phi) is 5.90. The van der Waals surface area contributed by atoms with Crippen molar-refractivity contribution in [1.29, 1.82) is 0 Å². The Labute approximate surface area is 173 Å². The number of hydrogen-bond donors (Lipinski definition) is 0. The monoisotopic (exact) mass is 390 g/mol. The van der Waals surface area contributed by atoms with Gasteiger partial charge in [-0.25, -0.2) is 4.68 Å². The van der Waals surface area contributed by atoms with Gasteiger partial charge in [0.1, 0.15) is 0 Å². The van der Waals surface area contributed by atoms with Gasteiger partial charge in [-0.3, -0.25) is 4.90 Å². The smallest absolute Gasteiger partial charge is 0.168 e. The minimum Gasteiger partial charge on any atom is -0.369 e. The van der Waals surface area contributed by atoms with Gasteiger partial charge in [-0.1, -0.05) is 49.4 Å². The Morgan fingerprint density at radius 2 is 1.72 bits per heavy atom. The van der Waals surface area contributed by atoms with Crippen LogP contribution in [0.25, 0.3) is 0 Å². The van der Waals surface area contributed by atoms with Crippen LogP contribution >= 0.6 is 0 Å². The maximum Gasteiger partial charge on any atom is 0.168 e. The van der Waals surface area contributed by atoms with Crippen molar-refractivity contribution in [2.45, 2.75) is 39.8 Å². The van der Waals surface area contributed by atoms with Crippen molar-refractivity contribution < 1.29 is 0 Å². The normalized spacial score (nSPS) is 16.2. The van der Waals surface area contributed by atoms with E-state index in [-0.39, 0.29) is 6.04 Å². The summed E-state index contributed by atoms with van der Waals surface area (Å²) in [6.07, 6.45) is 0.999. The summed E-state index contributed by atoms with van der Waals surface area (Å²) in [7, 11) is 0. The topological polar surface area (TPSA) is 50.1 Å². The van der Waals surface area contributed by atoms with E-state index in [9.17, 15) is 0 Å². The van der Waals surface area contributed by atoms with E-state index >= 15 is 0 Å². The number of nitrogens with zero attached hydrogens (tertiary/aromatic N) is 6. The summed E-state index contributed by atoms with van der Waals surface area (Å²) < 4.78 is 1.96. The molecule has 6 nitrogen and oxygen atoms in total. The van der Waals surface area contributed by atoms with Crippen molar-refractivity contribution in [2.75, 3.05) is 31.1 Å². The fraction of sp³-hybridized carbons (Fsp3) is 0.435. The first kappa shape index (κ1) is 19.6. The third kappa shape index (κ3) is 4.32. The number of rotatable bonds is 6. The molecule has 0 aliphatic carbocycles. The summed E-state index contributed by atoms with van der Waals surface area (Å²) in [5, 5.41) is 12.7. The van der Waals surface area contributed by atoms with E-state index in [0.717, 1.165) is 38.4 Å². The Morgan fingerprint density at radius 1 is 0.966 bits per heavy atom. The molecule has 0 spiro atoms. The second-order valence-corrected chi connectivity index (χ2v) is 7.92. The molecule has 1 saturated heterocycles. The van der Waals surface area contributed by atoms with Crippen LogP contribution in [0.2, 0.25) is 0 Å². The van der Waals surface area contributed by atoms with Crippen LogP contribution in [0.4, 0.5) is 5.69 Å². The summed E-state index contributed by atoms with van der Waals surface area (Å²) in [6.45, 7) is 11.4. The Morgan fingerprint density at radius 3 is 2.45 bits per heavy atom. The average molecular weight is 391 g/mol. The minimum absolute atomic E-state index is 0.245. The van der Waals surface area contributed by atoms with Crippen molar-refractivity contribution in [3.63, 3.8) is 0 Å². The number of benzene rings is 2. The highest BCUT2D eigenvalue weighted by molar-refractivity contribution is 5.55. The standard InChI is InChI=1S/C23H30N6/c1-4-21(23-24-25-26-29(23)17-20-8-6-5-7-9-20)27-12-14-28(15-13-27)22-16-18(2)10-11-19(22)3/h5-11,16,21H,4,12-15,17H2,1-3H3/t21-/m0/s1. The molecule has 0 unspecified atom stereocenters. The molecular formula is C23H30N6. The first-order valence-corrected chi connectivity index (χ1v) is 10.5. The molecule has 0 amide bonds. The van der Waals surface area contributed by atoms with Gasteiger partial charge in [-0.05, 0) is 53.5 Å². The van der Waals surface area contributed by atoms with E-state index in [1.807, 2.05) is 10.7 Å². The van der Waals surface area contributed by atoms with Crippen molar-refractivity contribution >= 4 is 5.69 Å². The van der Waals surface area contributed by atoms with Crippen molar-refractivity contribution in [3.8, 4) is 0 Å². The van der Waals surface area contributed by atoms with Gasteiger partial charge in [-0.15, -0.1) is 5.10 Å². The lowest BCUT2D eigenvalue weighted by Gasteiger charge is -2.40. The van der Waals surface area contributed by atoms with Crippen LogP contribution < -0.4 is 4.90 Å². The van der Waals surface area contributed by atoms with E-state index in [1.165, 1.54) is 22.4 Å². The second-order valence-electron chi connectivity index (χ2n) is 7.92. The molecule has 29 heavy (non-hydrogen) atoms. The van der Waals surface area contributed by atoms with Gasteiger partial charge in [0.25, 0.3) is 0 Å². The zero-order valence-electron chi connectivity index (χ0n) is 17.6. The van der Waals surface area contributed by atoms with Gasteiger partial charge in [0.15, 0.2) is 5.82 Å². The maximum absolute atomic E-state index is 4.41. The predicted octanol–water partition coefficient (Wildman–Crippen LogP) is 3.61. The van der Waals surface area contributed by atoms with E-state index in [2.05, 4.69) is 88.6 Å². The SMILES string of the molecule is CC[C@@H](c1nnnn1Cc1ccccc1)N1CCN(c2cc(C)ccc2C)CC1. The van der Waals surface area contributed by atoms with Gasteiger partial charge < -0.3 is 4.90 Å². The molecule has 2 heterocycles. The predicted molar refractivity (Wildman–Crippen MR) is 116 cm³/mol. The zero-order chi connectivity index (χ0) is 20.2. The quantitative estimate of drug-likeness (QED) is 0.643. The first-order valence-electron chi connectivity index (χ1n) is 10.5. The fourth-order valence-corrected chi connectivity index (χ4v) is 4.26. The molecular weight excluding hydrogens is 360 g/mol. The highest BCUT2D eigenvalue weighted by Gasteiger charge is 2.28. The lowest BCUT2D eigenvalue weighted by atomic mass is 10.1. The van der Waals surface area contributed by atoms with Gasteiger partial charge in [0.2, 0.25) is 0 Å². The summed E-state index contributed by atoms with van der Waals surface area (Å²) in [5.74, 6) is 0.969. The Bertz CT molecular complexity index is 928. The fourth-order valence-electron chi connectivity index (χ4n) is 4.26. The Hall–Kier alpha value is -2.73. The lowest BCUT2D eigenvalue weighted by Crippen LogP contribution is -2.48. The van der Waals surface area contributed by atoms with Gasteiger partial charge in [0.05, 0.1) is 12.6 Å².